The summed E-state index contributed by atoms with van der Waals surface area (Å²) in [5.41, 5.74) is 3.11. The molecule has 136 valence electrons. The molecule has 3 aromatic carbocycles. The van der Waals surface area contributed by atoms with Gasteiger partial charge in [0.1, 0.15) is 5.75 Å². The zero-order chi connectivity index (χ0) is 18.9. The fourth-order valence-electron chi connectivity index (χ4n) is 2.68. The molecule has 0 fully saturated rings. The molecule has 4 nitrogen and oxygen atoms in total. The maximum absolute atomic E-state index is 11.9. The lowest BCUT2D eigenvalue weighted by Gasteiger charge is -2.07. The van der Waals surface area contributed by atoms with E-state index in [1.54, 1.807) is 12.1 Å². The Morgan fingerprint density at radius 1 is 0.741 bits per heavy atom. The highest BCUT2D eigenvalue weighted by molar-refractivity contribution is 5.79. The van der Waals surface area contributed by atoms with E-state index in [-0.39, 0.29) is 24.8 Å². The summed E-state index contributed by atoms with van der Waals surface area (Å²) in [6.07, 6.45) is 0.428. The summed E-state index contributed by atoms with van der Waals surface area (Å²) in [6.45, 7) is 0.257. The van der Waals surface area contributed by atoms with Crippen LogP contribution in [-0.2, 0) is 16.0 Å². The molecule has 0 aliphatic carbocycles. The van der Waals surface area contributed by atoms with E-state index >= 15 is 0 Å². The van der Waals surface area contributed by atoms with Gasteiger partial charge < -0.3 is 10.1 Å². The molecule has 0 unspecified atom stereocenters. The van der Waals surface area contributed by atoms with Crippen molar-refractivity contribution in [1.82, 2.24) is 5.32 Å². The van der Waals surface area contributed by atoms with Crippen LogP contribution in [0.1, 0.15) is 12.0 Å². The standard InChI is InChI=1S/C23H21NO3/c25-22(17-18-7-3-1-4-8-18)24-16-15-23(26)27-21-13-11-20(12-14-21)19-9-5-2-6-10-19/h1-14H,15-17H2,(H,24,25). The molecule has 0 saturated heterocycles. The Morgan fingerprint density at radius 3 is 2.00 bits per heavy atom. The second-order valence-corrected chi connectivity index (χ2v) is 6.13. The average molecular weight is 359 g/mol. The molecule has 27 heavy (non-hydrogen) atoms. The Morgan fingerprint density at radius 2 is 1.33 bits per heavy atom. The molecule has 0 heterocycles. The quantitative estimate of drug-likeness (QED) is 0.512. The van der Waals surface area contributed by atoms with Crippen molar-refractivity contribution in [1.29, 1.82) is 0 Å². The Hall–Kier alpha value is -3.40. The molecule has 3 aromatic rings. The van der Waals surface area contributed by atoms with E-state index in [1.165, 1.54) is 0 Å². The van der Waals surface area contributed by atoms with Crippen LogP contribution < -0.4 is 10.1 Å². The average Bonchev–Trinajstić information content (AvgIpc) is 2.70. The predicted octanol–water partition coefficient (Wildman–Crippen LogP) is 4.01. The summed E-state index contributed by atoms with van der Waals surface area (Å²) in [4.78, 5) is 23.8. The molecular formula is C23H21NO3. The van der Waals surface area contributed by atoms with Crippen LogP contribution in [0, 0.1) is 0 Å². The van der Waals surface area contributed by atoms with Gasteiger partial charge in [-0.15, -0.1) is 0 Å². The maximum Gasteiger partial charge on any atom is 0.312 e. The number of benzene rings is 3. The molecule has 4 heteroatoms. The molecule has 0 radical (unpaired) electrons. The summed E-state index contributed by atoms with van der Waals surface area (Å²) in [6, 6.07) is 26.8. The van der Waals surface area contributed by atoms with Gasteiger partial charge in [-0.25, -0.2) is 0 Å². The molecule has 0 aromatic heterocycles. The van der Waals surface area contributed by atoms with Crippen molar-refractivity contribution in [3.63, 3.8) is 0 Å². The summed E-state index contributed by atoms with van der Waals surface area (Å²) in [7, 11) is 0. The number of esters is 1. The van der Waals surface area contributed by atoms with Crippen molar-refractivity contribution in [3.8, 4) is 16.9 Å². The highest BCUT2D eigenvalue weighted by atomic mass is 16.5. The summed E-state index contributed by atoms with van der Waals surface area (Å²) >= 11 is 0. The van der Waals surface area contributed by atoms with Crippen LogP contribution in [-0.4, -0.2) is 18.4 Å². The van der Waals surface area contributed by atoms with Crippen molar-refractivity contribution in [2.75, 3.05) is 6.54 Å². The molecule has 1 amide bonds. The number of nitrogens with one attached hydrogen (secondary N) is 1. The molecular weight excluding hydrogens is 338 g/mol. The molecule has 0 spiro atoms. The lowest BCUT2D eigenvalue weighted by molar-refractivity contribution is -0.134. The minimum absolute atomic E-state index is 0.110. The Bertz CT molecular complexity index is 875. The van der Waals surface area contributed by atoms with Crippen LogP contribution in [0.3, 0.4) is 0 Å². The van der Waals surface area contributed by atoms with E-state index in [0.717, 1.165) is 16.7 Å². The molecule has 0 saturated carbocycles. The number of ether oxygens (including phenoxy) is 1. The van der Waals surface area contributed by atoms with Crippen LogP contribution in [0.5, 0.6) is 5.75 Å². The Kier molecular flexibility index (Phi) is 6.36. The van der Waals surface area contributed by atoms with Crippen LogP contribution in [0.2, 0.25) is 0 Å². The van der Waals surface area contributed by atoms with E-state index in [4.69, 9.17) is 4.74 Å². The van der Waals surface area contributed by atoms with Gasteiger partial charge in [-0.2, -0.15) is 0 Å². The second kappa shape index (κ2) is 9.34. The third kappa shape index (κ3) is 5.82. The first kappa shape index (κ1) is 18.4. The summed E-state index contributed by atoms with van der Waals surface area (Å²) < 4.78 is 5.32. The van der Waals surface area contributed by atoms with Crippen molar-refractivity contribution < 1.29 is 14.3 Å². The molecule has 0 bridgehead atoms. The number of amides is 1. The van der Waals surface area contributed by atoms with Gasteiger partial charge in [0.15, 0.2) is 0 Å². The van der Waals surface area contributed by atoms with Gasteiger partial charge >= 0.3 is 5.97 Å². The smallest absolute Gasteiger partial charge is 0.312 e. The first-order chi connectivity index (χ1) is 13.2. The lowest BCUT2D eigenvalue weighted by Crippen LogP contribution is -2.28. The number of carbonyl (C=O) groups excluding carboxylic acids is 2. The Labute approximate surface area is 158 Å². The van der Waals surface area contributed by atoms with Gasteiger partial charge in [-0.3, -0.25) is 9.59 Å². The summed E-state index contributed by atoms with van der Waals surface area (Å²) in [5, 5.41) is 2.74. The van der Waals surface area contributed by atoms with E-state index in [2.05, 4.69) is 5.32 Å². The molecule has 0 atom stereocenters. The van der Waals surface area contributed by atoms with Crippen LogP contribution in [0.15, 0.2) is 84.9 Å². The molecule has 1 N–H and O–H groups in total. The van der Waals surface area contributed by atoms with E-state index < -0.39 is 0 Å². The highest BCUT2D eigenvalue weighted by Gasteiger charge is 2.07. The van der Waals surface area contributed by atoms with Gasteiger partial charge in [0.2, 0.25) is 5.91 Å². The fourth-order valence-corrected chi connectivity index (χ4v) is 2.68. The van der Waals surface area contributed by atoms with Crippen molar-refractivity contribution in [2.24, 2.45) is 0 Å². The normalized spacial score (nSPS) is 10.2. The van der Waals surface area contributed by atoms with Gasteiger partial charge in [-0.05, 0) is 28.8 Å². The van der Waals surface area contributed by atoms with Gasteiger partial charge in [0.05, 0.1) is 12.8 Å². The lowest BCUT2D eigenvalue weighted by atomic mass is 10.1. The van der Waals surface area contributed by atoms with Crippen molar-refractivity contribution >= 4 is 11.9 Å². The van der Waals surface area contributed by atoms with E-state index in [1.807, 2.05) is 72.8 Å². The van der Waals surface area contributed by atoms with Crippen molar-refractivity contribution in [2.45, 2.75) is 12.8 Å². The van der Waals surface area contributed by atoms with Crippen LogP contribution in [0.4, 0.5) is 0 Å². The van der Waals surface area contributed by atoms with Crippen molar-refractivity contribution in [3.05, 3.63) is 90.5 Å². The first-order valence-electron chi connectivity index (χ1n) is 8.87. The first-order valence-corrected chi connectivity index (χ1v) is 8.87. The fraction of sp³-hybridized carbons (Fsp3) is 0.130. The highest BCUT2D eigenvalue weighted by Crippen LogP contribution is 2.22. The zero-order valence-corrected chi connectivity index (χ0v) is 14.9. The Balaban J connectivity index is 1.42. The number of carbonyl (C=O) groups is 2. The van der Waals surface area contributed by atoms with Crippen LogP contribution in [0.25, 0.3) is 11.1 Å². The van der Waals surface area contributed by atoms with Gasteiger partial charge in [-0.1, -0.05) is 72.8 Å². The minimum atomic E-state index is -0.373. The topological polar surface area (TPSA) is 55.4 Å². The number of hydrogen-bond acceptors (Lipinski definition) is 3. The summed E-state index contributed by atoms with van der Waals surface area (Å²) in [5.74, 6) is 0.0129. The zero-order valence-electron chi connectivity index (χ0n) is 14.9. The maximum atomic E-state index is 11.9. The minimum Gasteiger partial charge on any atom is -0.426 e. The van der Waals surface area contributed by atoms with Gasteiger partial charge in [0.25, 0.3) is 0 Å². The monoisotopic (exact) mass is 359 g/mol. The third-order valence-corrected chi connectivity index (χ3v) is 4.05. The number of hydrogen-bond donors (Lipinski definition) is 1. The SMILES string of the molecule is O=C(Cc1ccccc1)NCCC(=O)Oc1ccc(-c2ccccc2)cc1. The van der Waals surface area contributed by atoms with Crippen LogP contribution >= 0.6 is 0 Å². The number of rotatable bonds is 7. The molecule has 0 aliphatic heterocycles. The van der Waals surface area contributed by atoms with Gasteiger partial charge in [0, 0.05) is 6.54 Å². The third-order valence-electron chi connectivity index (χ3n) is 4.05. The molecule has 3 rings (SSSR count). The van der Waals surface area contributed by atoms with E-state index in [0.29, 0.717) is 12.2 Å². The predicted molar refractivity (Wildman–Crippen MR) is 105 cm³/mol. The largest absolute Gasteiger partial charge is 0.426 e. The molecule has 0 aliphatic rings. The second-order valence-electron chi connectivity index (χ2n) is 6.13. The van der Waals surface area contributed by atoms with E-state index in [9.17, 15) is 9.59 Å².